The number of nitrogens with zero attached hydrogens (tertiary/aromatic N) is 4. The number of amides is 5. The molecule has 2 bridgehead atoms. The lowest BCUT2D eigenvalue weighted by Gasteiger charge is -2.29. The fourth-order valence-electron chi connectivity index (χ4n) is 6.97. The summed E-state index contributed by atoms with van der Waals surface area (Å²) in [7, 11) is 3.35. The number of hydrogen-bond donors (Lipinski definition) is 4. The first-order valence-corrected chi connectivity index (χ1v) is 19.2. The molecule has 15 nitrogen and oxygen atoms in total. The van der Waals surface area contributed by atoms with Crippen LogP contribution in [0, 0.1) is 11.8 Å². The van der Waals surface area contributed by atoms with Gasteiger partial charge in [-0.1, -0.05) is 38.1 Å². The summed E-state index contributed by atoms with van der Waals surface area (Å²) in [4.78, 5) is 71.1. The first-order chi connectivity index (χ1) is 26.9. The van der Waals surface area contributed by atoms with Gasteiger partial charge in [0.05, 0.1) is 25.9 Å². The number of carbonyl (C=O) groups is 5. The summed E-state index contributed by atoms with van der Waals surface area (Å²) in [5, 5.41) is 15.9. The maximum Gasteiger partial charge on any atom is 0.257 e. The highest BCUT2D eigenvalue weighted by Gasteiger charge is 2.34. The lowest BCUT2D eigenvalue weighted by molar-refractivity contribution is -0.140. The van der Waals surface area contributed by atoms with Gasteiger partial charge in [-0.05, 0) is 73.4 Å². The molecule has 4 atom stereocenters. The highest BCUT2D eigenvalue weighted by molar-refractivity contribution is 6.02. The zero-order chi connectivity index (χ0) is 39.9. The highest BCUT2D eigenvalue weighted by atomic mass is 16.5. The molecule has 0 unspecified atom stereocenters. The number of ether oxygens (including phenoxy) is 2. The number of fused-ring (bicyclic) bond motifs is 18. The molecule has 1 fully saturated rings. The van der Waals surface area contributed by atoms with Gasteiger partial charge in [0.25, 0.3) is 5.91 Å². The summed E-state index contributed by atoms with van der Waals surface area (Å²) >= 11 is 0. The lowest BCUT2D eigenvalue weighted by atomic mass is 10.0. The third kappa shape index (κ3) is 10.3. The van der Waals surface area contributed by atoms with Crippen LogP contribution in [-0.2, 0) is 39.1 Å². The van der Waals surface area contributed by atoms with Gasteiger partial charge in [-0.25, -0.2) is 4.52 Å². The van der Waals surface area contributed by atoms with E-state index in [1.54, 1.807) is 79.0 Å². The molecule has 56 heavy (non-hydrogen) atoms. The van der Waals surface area contributed by atoms with Gasteiger partial charge in [0, 0.05) is 38.8 Å². The number of rotatable bonds is 9. The van der Waals surface area contributed by atoms with Crippen LogP contribution >= 0.6 is 0 Å². The van der Waals surface area contributed by atoms with E-state index in [1.165, 1.54) is 11.1 Å². The van der Waals surface area contributed by atoms with Crippen LogP contribution in [0.1, 0.15) is 61.5 Å². The van der Waals surface area contributed by atoms with Crippen molar-refractivity contribution in [3.8, 4) is 11.5 Å². The van der Waals surface area contributed by atoms with Gasteiger partial charge in [-0.2, -0.15) is 5.10 Å². The van der Waals surface area contributed by atoms with Gasteiger partial charge >= 0.3 is 0 Å². The van der Waals surface area contributed by atoms with Crippen LogP contribution in [0.3, 0.4) is 0 Å². The number of methoxy groups -OCH3 is 1. The molecule has 4 N–H and O–H groups in total. The monoisotopic (exact) mass is 768 g/mol. The number of imidazole rings is 1. The predicted octanol–water partition coefficient (Wildman–Crippen LogP) is 2.42. The molecule has 2 aromatic carbocycles. The molecule has 298 valence electrons. The number of carbonyl (C=O) groups excluding carboxylic acids is 5. The fraction of sp³-hybridized carbons (Fsp3) is 0.463. The van der Waals surface area contributed by atoms with Crippen molar-refractivity contribution in [1.82, 2.24) is 40.3 Å². The SMILES string of the molecule is COc1ccc(C[C@@H]2NC(=O)[C@@H](NC(=O)c3cnn4ccn(C)c34)Cc3ccc(cc3)OC[C@H](CC(C)C)NC(=O)CN(CC3CC3)C(=O)[C@@H](C)NC2=O)cc1. The highest BCUT2D eigenvalue weighted by Crippen LogP contribution is 2.30. The van der Waals surface area contributed by atoms with Gasteiger partial charge in [0.1, 0.15) is 47.4 Å². The van der Waals surface area contributed by atoms with Gasteiger partial charge in [0.2, 0.25) is 23.6 Å². The van der Waals surface area contributed by atoms with Crippen molar-refractivity contribution in [2.24, 2.45) is 18.9 Å². The second kappa shape index (κ2) is 17.7. The predicted molar refractivity (Wildman–Crippen MR) is 208 cm³/mol. The Bertz CT molecular complexity index is 2020. The van der Waals surface area contributed by atoms with Crippen molar-refractivity contribution in [3.05, 3.63) is 83.8 Å². The quantitative estimate of drug-likeness (QED) is 0.188. The molecular formula is C41H52N8O7. The minimum atomic E-state index is -1.14. The van der Waals surface area contributed by atoms with Gasteiger partial charge < -0.3 is 40.2 Å². The molecule has 1 aliphatic carbocycles. The van der Waals surface area contributed by atoms with E-state index in [0.717, 1.165) is 24.0 Å². The maximum atomic E-state index is 14.3. The Hall–Kier alpha value is -5.86. The Labute approximate surface area is 326 Å². The molecule has 1 saturated carbocycles. The second-order valence-corrected chi connectivity index (χ2v) is 15.3. The van der Waals surface area contributed by atoms with Crippen LogP contribution in [0.2, 0.25) is 0 Å². The first kappa shape index (κ1) is 39.8. The van der Waals surface area contributed by atoms with Crippen LogP contribution in [0.4, 0.5) is 0 Å². The van der Waals surface area contributed by atoms with Gasteiger partial charge in [-0.15, -0.1) is 0 Å². The maximum absolute atomic E-state index is 14.3. The summed E-state index contributed by atoms with van der Waals surface area (Å²) in [6.07, 6.45) is 7.68. The number of nitrogens with one attached hydrogen (secondary N) is 4. The molecule has 0 saturated heterocycles. The minimum absolute atomic E-state index is 0.0774. The Balaban J connectivity index is 1.33. The van der Waals surface area contributed by atoms with Crippen LogP contribution in [0.25, 0.3) is 5.65 Å². The molecule has 5 amide bonds. The standard InChI is InChI=1S/C41H52N8O7/c1-25(2)18-30-24-56-32-14-10-28(11-15-32)20-35(45-37(51)33-21-42-49-17-16-47(4)40(33)49)39(53)46-34(19-27-8-12-31(55-5)13-9-27)38(52)43-26(3)41(54)48(22-29-6-7-29)23-36(50)44-30/h8-17,21,25-26,29-30,34-35H,6-7,18-20,22-24H2,1-5H3,(H,43,52)(H,44,50)(H,45,51)(H,46,53)/t26-,30+,34+,35+/m1/s1. The average Bonchev–Trinajstić information content (AvgIpc) is 3.77. The summed E-state index contributed by atoms with van der Waals surface area (Å²) in [5.74, 6) is -0.672. The number of hydrogen-bond acceptors (Lipinski definition) is 8. The van der Waals surface area contributed by atoms with E-state index in [0.29, 0.717) is 30.1 Å². The topological polar surface area (TPSA) is 177 Å². The lowest BCUT2D eigenvalue weighted by Crippen LogP contribution is -2.58. The zero-order valence-corrected chi connectivity index (χ0v) is 32.6. The molecule has 2 aromatic heterocycles. The summed E-state index contributed by atoms with van der Waals surface area (Å²) in [6.45, 7) is 6.14. The van der Waals surface area contributed by atoms with Crippen LogP contribution in [0.15, 0.2) is 67.1 Å². The van der Waals surface area contributed by atoms with E-state index in [9.17, 15) is 24.0 Å². The molecule has 4 aromatic rings. The van der Waals surface area contributed by atoms with E-state index in [1.807, 2.05) is 12.1 Å². The number of aromatic nitrogens is 3. The fourth-order valence-corrected chi connectivity index (χ4v) is 6.97. The second-order valence-electron chi connectivity index (χ2n) is 15.3. The van der Waals surface area contributed by atoms with E-state index >= 15 is 0 Å². The summed E-state index contributed by atoms with van der Waals surface area (Å²) in [6, 6.07) is 10.7. The Morgan fingerprint density at radius 2 is 1.71 bits per heavy atom. The van der Waals surface area contributed by atoms with Crippen molar-refractivity contribution in [2.45, 2.75) is 77.0 Å². The van der Waals surface area contributed by atoms with E-state index < -0.39 is 41.8 Å². The third-order valence-corrected chi connectivity index (χ3v) is 10.1. The van der Waals surface area contributed by atoms with E-state index in [4.69, 9.17) is 9.47 Å². The molecule has 3 aliphatic rings. The molecule has 15 heteroatoms. The van der Waals surface area contributed by atoms with E-state index in [2.05, 4.69) is 40.2 Å². The minimum Gasteiger partial charge on any atom is -0.497 e. The van der Waals surface area contributed by atoms with Gasteiger partial charge in [0.15, 0.2) is 0 Å². The van der Waals surface area contributed by atoms with Crippen LogP contribution in [0.5, 0.6) is 11.5 Å². The van der Waals surface area contributed by atoms with Crippen molar-refractivity contribution >= 4 is 35.2 Å². The Morgan fingerprint density at radius 3 is 2.39 bits per heavy atom. The van der Waals surface area contributed by atoms with Crippen LogP contribution < -0.4 is 30.7 Å². The molecule has 0 spiro atoms. The van der Waals surface area contributed by atoms with Crippen molar-refractivity contribution < 1.29 is 33.4 Å². The van der Waals surface area contributed by atoms with E-state index in [-0.39, 0.29) is 55.3 Å². The van der Waals surface area contributed by atoms with Crippen LogP contribution in [-0.4, -0.2) is 99.6 Å². The third-order valence-electron chi connectivity index (χ3n) is 10.1. The Kier molecular flexibility index (Phi) is 12.6. The molecular weight excluding hydrogens is 716 g/mol. The Morgan fingerprint density at radius 1 is 0.982 bits per heavy atom. The largest absolute Gasteiger partial charge is 0.497 e. The van der Waals surface area contributed by atoms with Crippen molar-refractivity contribution in [1.29, 1.82) is 0 Å². The summed E-state index contributed by atoms with van der Waals surface area (Å²) < 4.78 is 14.8. The number of benzene rings is 2. The molecule has 2 aliphatic heterocycles. The molecule has 0 radical (unpaired) electrons. The van der Waals surface area contributed by atoms with Crippen molar-refractivity contribution in [2.75, 3.05) is 26.8 Å². The average molecular weight is 769 g/mol. The summed E-state index contributed by atoms with van der Waals surface area (Å²) in [5.41, 5.74) is 2.28. The zero-order valence-electron chi connectivity index (χ0n) is 32.6. The molecule has 7 rings (SSSR count). The number of aryl methyl sites for hydroxylation is 1. The first-order valence-electron chi connectivity index (χ1n) is 19.2. The molecule has 4 heterocycles. The normalized spacial score (nSPS) is 21.6. The smallest absolute Gasteiger partial charge is 0.257 e. The van der Waals surface area contributed by atoms with Crippen molar-refractivity contribution in [3.63, 3.8) is 0 Å². The van der Waals surface area contributed by atoms with Gasteiger partial charge in [-0.3, -0.25) is 24.0 Å².